The minimum atomic E-state index is -0.725. The molecular weight excluding hydrogens is 562 g/mol. The predicted octanol–water partition coefficient (Wildman–Crippen LogP) is 5.34. The van der Waals surface area contributed by atoms with Gasteiger partial charge in [-0.05, 0) is 65.8 Å². The van der Waals surface area contributed by atoms with E-state index < -0.39 is 12.1 Å². The summed E-state index contributed by atoms with van der Waals surface area (Å²) in [4.78, 5) is 39.7. The van der Waals surface area contributed by atoms with Crippen molar-refractivity contribution < 1.29 is 28.5 Å². The van der Waals surface area contributed by atoms with E-state index in [-0.39, 0.29) is 28.8 Å². The van der Waals surface area contributed by atoms with Crippen LogP contribution in [-0.4, -0.2) is 46.3 Å². The summed E-state index contributed by atoms with van der Waals surface area (Å²) in [6.07, 6.45) is 1.83. The molecule has 0 aromatic heterocycles. The molecule has 0 bridgehead atoms. The minimum absolute atomic E-state index is 0.114. The van der Waals surface area contributed by atoms with E-state index in [0.29, 0.717) is 59.1 Å². The van der Waals surface area contributed by atoms with Crippen LogP contribution in [0.15, 0.2) is 53.3 Å². The van der Waals surface area contributed by atoms with Crippen molar-refractivity contribution in [1.82, 2.24) is 5.32 Å². The van der Waals surface area contributed by atoms with Gasteiger partial charge in [0.2, 0.25) is 23.0 Å². The van der Waals surface area contributed by atoms with E-state index in [1.165, 1.54) is 13.0 Å². The first-order valence-electron chi connectivity index (χ1n) is 14.6. The first-order valence-corrected chi connectivity index (χ1v) is 14.6. The lowest BCUT2D eigenvalue weighted by Crippen LogP contribution is -2.40. The zero-order valence-corrected chi connectivity index (χ0v) is 26.3. The molecule has 2 amide bonds. The molecule has 1 aliphatic carbocycles. The van der Waals surface area contributed by atoms with Crippen LogP contribution in [0, 0.1) is 5.92 Å². The van der Waals surface area contributed by atoms with Gasteiger partial charge in [0.05, 0.1) is 45.9 Å². The molecule has 44 heavy (non-hydrogen) atoms. The van der Waals surface area contributed by atoms with Crippen LogP contribution in [0.3, 0.4) is 0 Å². The Morgan fingerprint density at radius 1 is 0.909 bits per heavy atom. The first kappa shape index (κ1) is 32.2. The third kappa shape index (κ3) is 6.59. The molecule has 3 unspecified atom stereocenters. The van der Waals surface area contributed by atoms with Gasteiger partial charge in [0.1, 0.15) is 11.8 Å². The van der Waals surface area contributed by atoms with Crippen molar-refractivity contribution in [1.29, 1.82) is 0 Å². The topological polar surface area (TPSA) is 124 Å². The van der Waals surface area contributed by atoms with Gasteiger partial charge in [-0.25, -0.2) is 0 Å². The maximum Gasteiger partial charge on any atom is 0.247 e. The maximum atomic E-state index is 13.8. The number of amides is 2. The second-order valence-electron chi connectivity index (χ2n) is 10.8. The van der Waals surface area contributed by atoms with Gasteiger partial charge in [0, 0.05) is 12.5 Å². The molecular formula is C34H41N3O7. The normalized spacial score (nSPS) is 14.9. The second kappa shape index (κ2) is 14.2. The average Bonchev–Trinajstić information content (AvgIpc) is 3.26. The highest BCUT2D eigenvalue weighted by atomic mass is 16.5. The average molecular weight is 604 g/mol. The Bertz CT molecular complexity index is 1590. The number of carbonyl (C=O) groups excluding carboxylic acids is 2. The zero-order chi connectivity index (χ0) is 32.0. The van der Waals surface area contributed by atoms with Crippen LogP contribution in [0.1, 0.15) is 50.8 Å². The summed E-state index contributed by atoms with van der Waals surface area (Å²) in [7, 11) is 6.20. The molecule has 0 spiro atoms. The quantitative estimate of drug-likeness (QED) is 0.269. The molecule has 3 N–H and O–H groups in total. The van der Waals surface area contributed by atoms with Crippen molar-refractivity contribution in [3.63, 3.8) is 0 Å². The molecule has 10 heteroatoms. The SMILES string of the molecule is CCC(C)C(Nc1ccc2c(cc1=O)C(NC(C)=O)CCc1cc(OC)c(OC)c(OC)c1-2)C(=O)Nc1ccccc1OC. The molecule has 10 nitrogen and oxygen atoms in total. The van der Waals surface area contributed by atoms with Crippen molar-refractivity contribution in [2.75, 3.05) is 39.1 Å². The number of para-hydroxylation sites is 2. The Kier molecular flexibility index (Phi) is 10.4. The lowest BCUT2D eigenvalue weighted by atomic mass is 9.95. The number of benzene rings is 2. The summed E-state index contributed by atoms with van der Waals surface area (Å²) in [6, 6.07) is 13.0. The molecule has 0 fully saturated rings. The van der Waals surface area contributed by atoms with Gasteiger partial charge in [-0.2, -0.15) is 0 Å². The molecule has 0 aliphatic heterocycles. The van der Waals surface area contributed by atoms with Gasteiger partial charge in [-0.3, -0.25) is 14.4 Å². The van der Waals surface area contributed by atoms with Crippen LogP contribution < -0.4 is 40.3 Å². The third-order valence-electron chi connectivity index (χ3n) is 8.09. The third-order valence-corrected chi connectivity index (χ3v) is 8.09. The van der Waals surface area contributed by atoms with Crippen molar-refractivity contribution in [2.24, 2.45) is 5.92 Å². The number of hydrogen-bond acceptors (Lipinski definition) is 8. The number of hydrogen-bond donors (Lipinski definition) is 3. The van der Waals surface area contributed by atoms with Crippen LogP contribution in [0.2, 0.25) is 0 Å². The number of rotatable bonds is 11. The molecule has 3 atom stereocenters. The lowest BCUT2D eigenvalue weighted by molar-refractivity contribution is -0.120. The van der Waals surface area contributed by atoms with Crippen LogP contribution in [0.4, 0.5) is 11.4 Å². The highest BCUT2D eigenvalue weighted by Gasteiger charge is 2.30. The summed E-state index contributed by atoms with van der Waals surface area (Å²) < 4.78 is 22.5. The van der Waals surface area contributed by atoms with Crippen LogP contribution in [0.25, 0.3) is 11.1 Å². The van der Waals surface area contributed by atoms with Crippen molar-refractivity contribution in [3.8, 4) is 34.1 Å². The van der Waals surface area contributed by atoms with Crippen molar-refractivity contribution in [3.05, 3.63) is 69.9 Å². The van der Waals surface area contributed by atoms with Gasteiger partial charge < -0.3 is 34.9 Å². The minimum Gasteiger partial charge on any atom is -0.495 e. The maximum absolute atomic E-state index is 13.8. The molecule has 1 aliphatic rings. The summed E-state index contributed by atoms with van der Waals surface area (Å²) in [5.41, 5.74) is 3.49. The zero-order valence-electron chi connectivity index (χ0n) is 26.3. The fraction of sp³-hybridized carbons (Fsp3) is 0.382. The highest BCUT2D eigenvalue weighted by molar-refractivity contribution is 5.98. The smallest absolute Gasteiger partial charge is 0.247 e. The van der Waals surface area contributed by atoms with Crippen LogP contribution in [0.5, 0.6) is 23.0 Å². The number of nitrogens with one attached hydrogen (secondary N) is 3. The Balaban J connectivity index is 1.86. The molecule has 234 valence electrons. The molecule has 3 aromatic rings. The summed E-state index contributed by atoms with van der Waals surface area (Å²) in [6.45, 7) is 5.40. The first-order chi connectivity index (χ1) is 21.2. The monoisotopic (exact) mass is 603 g/mol. The van der Waals surface area contributed by atoms with E-state index in [4.69, 9.17) is 18.9 Å². The van der Waals surface area contributed by atoms with E-state index >= 15 is 0 Å². The second-order valence-corrected chi connectivity index (χ2v) is 10.8. The van der Waals surface area contributed by atoms with Gasteiger partial charge in [0.25, 0.3) is 0 Å². The highest BCUT2D eigenvalue weighted by Crippen LogP contribution is 2.50. The number of fused-ring (bicyclic) bond motifs is 3. The number of anilines is 2. The lowest BCUT2D eigenvalue weighted by Gasteiger charge is -2.24. The Hall–Kier alpha value is -4.73. The van der Waals surface area contributed by atoms with E-state index in [2.05, 4.69) is 16.0 Å². The van der Waals surface area contributed by atoms with Gasteiger partial charge in [-0.15, -0.1) is 0 Å². The molecule has 0 radical (unpaired) electrons. The van der Waals surface area contributed by atoms with Gasteiger partial charge >= 0.3 is 0 Å². The van der Waals surface area contributed by atoms with Crippen LogP contribution in [-0.2, 0) is 16.0 Å². The van der Waals surface area contributed by atoms with E-state index in [1.807, 2.05) is 38.1 Å². The fourth-order valence-corrected chi connectivity index (χ4v) is 5.65. The Morgan fingerprint density at radius 3 is 2.25 bits per heavy atom. The van der Waals surface area contributed by atoms with Gasteiger partial charge in [0.15, 0.2) is 11.5 Å². The molecule has 0 heterocycles. The summed E-state index contributed by atoms with van der Waals surface area (Å²) in [5, 5.41) is 9.20. The number of aryl methyl sites for hydroxylation is 1. The Labute approximate surface area is 258 Å². The van der Waals surface area contributed by atoms with Crippen molar-refractivity contribution >= 4 is 23.2 Å². The molecule has 0 saturated carbocycles. The summed E-state index contributed by atoms with van der Waals surface area (Å²) in [5.74, 6) is 1.33. The number of methoxy groups -OCH3 is 4. The molecule has 0 saturated heterocycles. The molecule has 4 rings (SSSR count). The fourth-order valence-electron chi connectivity index (χ4n) is 5.65. The largest absolute Gasteiger partial charge is 0.495 e. The standard InChI is InChI=1S/C34H41N3O7/c1-8-19(2)31(34(40)37-26-11-9-10-12-28(26)41-4)36-25-16-14-22-23(18-27(25)39)24(35-20(3)38)15-13-21-17-29(42-5)32(43-6)33(44-7)30(21)22/h9-12,14,16-19,24,31H,8,13,15H2,1-7H3,(H,35,38)(H,36,39)(H,37,40). The van der Waals surface area contributed by atoms with E-state index in [9.17, 15) is 14.4 Å². The Morgan fingerprint density at radius 2 is 1.61 bits per heavy atom. The van der Waals surface area contributed by atoms with Crippen molar-refractivity contribution in [2.45, 2.75) is 52.1 Å². The predicted molar refractivity (Wildman–Crippen MR) is 171 cm³/mol. The van der Waals surface area contributed by atoms with E-state index in [1.54, 1.807) is 46.6 Å². The summed E-state index contributed by atoms with van der Waals surface area (Å²) >= 11 is 0. The van der Waals surface area contributed by atoms with Crippen LogP contribution >= 0.6 is 0 Å². The molecule has 3 aromatic carbocycles. The van der Waals surface area contributed by atoms with E-state index in [0.717, 1.165) is 11.1 Å². The number of ether oxygens (including phenoxy) is 4. The number of carbonyl (C=O) groups is 2. The van der Waals surface area contributed by atoms with Gasteiger partial charge in [-0.1, -0.05) is 38.5 Å².